The second-order valence-electron chi connectivity index (χ2n) is 5.13. The van der Waals surface area contributed by atoms with Crippen LogP contribution < -0.4 is 5.73 Å². The van der Waals surface area contributed by atoms with E-state index < -0.39 is 0 Å². The second kappa shape index (κ2) is 5.57. The van der Waals surface area contributed by atoms with Crippen molar-refractivity contribution >= 4 is 33.0 Å². The number of hydrogen-bond acceptors (Lipinski definition) is 3. The first-order chi connectivity index (χ1) is 8.94. The lowest BCUT2D eigenvalue weighted by Gasteiger charge is -2.23. The van der Waals surface area contributed by atoms with Crippen molar-refractivity contribution in [2.24, 2.45) is 5.73 Å². The fourth-order valence-electron chi connectivity index (χ4n) is 1.77. The van der Waals surface area contributed by atoms with Gasteiger partial charge in [0.2, 0.25) is 5.78 Å². The minimum absolute atomic E-state index is 0.0605. The van der Waals surface area contributed by atoms with Crippen molar-refractivity contribution in [1.82, 2.24) is 0 Å². The van der Waals surface area contributed by atoms with Crippen LogP contribution in [0.2, 0.25) is 0 Å². The van der Waals surface area contributed by atoms with Crippen LogP contribution in [0.1, 0.15) is 34.6 Å². The zero-order valence-electron chi connectivity index (χ0n) is 10.9. The molecule has 1 aromatic heterocycles. The van der Waals surface area contributed by atoms with Crippen LogP contribution >= 0.6 is 27.3 Å². The van der Waals surface area contributed by atoms with Crippen molar-refractivity contribution in [3.05, 3.63) is 56.2 Å². The largest absolute Gasteiger partial charge is 0.330 e. The van der Waals surface area contributed by atoms with Gasteiger partial charge in [0, 0.05) is 27.4 Å². The summed E-state index contributed by atoms with van der Waals surface area (Å²) in [5.74, 6) is 0.0605. The Kier molecular flexibility index (Phi) is 4.23. The van der Waals surface area contributed by atoms with Crippen LogP contribution in [0.25, 0.3) is 0 Å². The van der Waals surface area contributed by atoms with E-state index in [4.69, 9.17) is 5.73 Å². The third-order valence-electron chi connectivity index (χ3n) is 3.21. The monoisotopic (exact) mass is 337 g/mol. The highest BCUT2D eigenvalue weighted by atomic mass is 79.9. The molecule has 0 fully saturated rings. The van der Waals surface area contributed by atoms with Crippen molar-refractivity contribution in [2.45, 2.75) is 19.3 Å². The van der Waals surface area contributed by atoms with Gasteiger partial charge in [-0.25, -0.2) is 0 Å². The molecule has 100 valence electrons. The molecule has 0 atom stereocenters. The van der Waals surface area contributed by atoms with E-state index >= 15 is 0 Å². The van der Waals surface area contributed by atoms with E-state index in [1.807, 2.05) is 35.7 Å². The fourth-order valence-corrected chi connectivity index (χ4v) is 3.16. The standard InChI is InChI=1S/C15H16BrNOS/c1-15(2,9-17)11-5-3-4-10(6-11)14(18)13-7-12(16)8-19-13/h3-8H,9,17H2,1-2H3. The molecule has 0 spiro atoms. The minimum atomic E-state index is -0.119. The molecule has 0 aliphatic heterocycles. The lowest BCUT2D eigenvalue weighted by molar-refractivity contribution is 0.104. The molecule has 0 saturated carbocycles. The maximum atomic E-state index is 12.4. The molecule has 19 heavy (non-hydrogen) atoms. The van der Waals surface area contributed by atoms with Crippen LogP contribution in [0.3, 0.4) is 0 Å². The normalized spacial score (nSPS) is 11.6. The average Bonchev–Trinajstić information content (AvgIpc) is 2.84. The van der Waals surface area contributed by atoms with Gasteiger partial charge >= 0.3 is 0 Å². The van der Waals surface area contributed by atoms with Gasteiger partial charge in [0.25, 0.3) is 0 Å². The molecule has 2 aromatic rings. The number of nitrogens with two attached hydrogens (primary N) is 1. The molecule has 1 heterocycles. The van der Waals surface area contributed by atoms with Gasteiger partial charge in [0.05, 0.1) is 4.88 Å². The third kappa shape index (κ3) is 3.14. The lowest BCUT2D eigenvalue weighted by Crippen LogP contribution is -2.28. The number of carbonyl (C=O) groups excluding carboxylic acids is 1. The number of benzene rings is 1. The van der Waals surface area contributed by atoms with Crippen molar-refractivity contribution in [2.75, 3.05) is 6.54 Å². The summed E-state index contributed by atoms with van der Waals surface area (Å²) in [6.07, 6.45) is 0. The predicted molar refractivity (Wildman–Crippen MR) is 84.0 cm³/mol. The van der Waals surface area contributed by atoms with Crippen LogP contribution in [0.5, 0.6) is 0 Å². The smallest absolute Gasteiger partial charge is 0.202 e. The maximum Gasteiger partial charge on any atom is 0.202 e. The molecule has 0 radical (unpaired) electrons. The van der Waals surface area contributed by atoms with E-state index in [-0.39, 0.29) is 11.2 Å². The van der Waals surface area contributed by atoms with Crippen molar-refractivity contribution in [3.8, 4) is 0 Å². The van der Waals surface area contributed by atoms with E-state index in [0.717, 1.165) is 14.9 Å². The van der Waals surface area contributed by atoms with Crippen LogP contribution in [-0.4, -0.2) is 12.3 Å². The zero-order valence-corrected chi connectivity index (χ0v) is 13.3. The molecule has 0 aliphatic carbocycles. The van der Waals surface area contributed by atoms with Crippen molar-refractivity contribution in [3.63, 3.8) is 0 Å². The molecule has 4 heteroatoms. The molecule has 2 N–H and O–H groups in total. The number of ketones is 1. The Morgan fingerprint density at radius 3 is 2.68 bits per heavy atom. The van der Waals surface area contributed by atoms with Gasteiger partial charge in [-0.05, 0) is 33.6 Å². The molecule has 0 aliphatic rings. The summed E-state index contributed by atoms with van der Waals surface area (Å²) in [4.78, 5) is 13.1. The predicted octanol–water partition coefficient (Wildman–Crippen LogP) is 3.98. The highest BCUT2D eigenvalue weighted by Gasteiger charge is 2.20. The Balaban J connectivity index is 2.36. The molecule has 0 amide bonds. The third-order valence-corrected chi connectivity index (χ3v) is 4.90. The average molecular weight is 338 g/mol. The Labute approximate surface area is 125 Å². The number of thiophene rings is 1. The van der Waals surface area contributed by atoms with E-state index in [0.29, 0.717) is 12.1 Å². The van der Waals surface area contributed by atoms with Gasteiger partial charge in [-0.1, -0.05) is 32.0 Å². The minimum Gasteiger partial charge on any atom is -0.330 e. The summed E-state index contributed by atoms with van der Waals surface area (Å²) in [7, 11) is 0. The first kappa shape index (κ1) is 14.4. The van der Waals surface area contributed by atoms with Crippen molar-refractivity contribution in [1.29, 1.82) is 0 Å². The fraction of sp³-hybridized carbons (Fsp3) is 0.267. The second-order valence-corrected chi connectivity index (χ2v) is 6.95. The van der Waals surface area contributed by atoms with Gasteiger partial charge in [-0.3, -0.25) is 4.79 Å². The van der Waals surface area contributed by atoms with E-state index in [2.05, 4.69) is 29.8 Å². The topological polar surface area (TPSA) is 43.1 Å². The highest BCUT2D eigenvalue weighted by molar-refractivity contribution is 9.10. The van der Waals surface area contributed by atoms with Crippen molar-refractivity contribution < 1.29 is 4.79 Å². The van der Waals surface area contributed by atoms with Crippen LogP contribution in [0.15, 0.2) is 40.2 Å². The summed E-state index contributed by atoms with van der Waals surface area (Å²) < 4.78 is 0.944. The van der Waals surface area contributed by atoms with Gasteiger partial charge < -0.3 is 5.73 Å². The van der Waals surface area contributed by atoms with Crippen LogP contribution in [-0.2, 0) is 5.41 Å². The van der Waals surface area contributed by atoms with E-state index in [1.165, 1.54) is 11.3 Å². The molecular weight excluding hydrogens is 322 g/mol. The van der Waals surface area contributed by atoms with E-state index in [9.17, 15) is 4.79 Å². The summed E-state index contributed by atoms with van der Waals surface area (Å²) in [5.41, 5.74) is 7.48. The zero-order chi connectivity index (χ0) is 14.0. The Morgan fingerprint density at radius 1 is 1.37 bits per heavy atom. The van der Waals surface area contributed by atoms with E-state index in [1.54, 1.807) is 0 Å². The Morgan fingerprint density at radius 2 is 2.11 bits per heavy atom. The highest BCUT2D eigenvalue weighted by Crippen LogP contribution is 2.26. The van der Waals surface area contributed by atoms with Gasteiger partial charge in [-0.2, -0.15) is 0 Å². The maximum absolute atomic E-state index is 12.4. The Hall–Kier alpha value is -0.970. The molecule has 2 rings (SSSR count). The summed E-state index contributed by atoms with van der Waals surface area (Å²) in [6, 6.07) is 9.60. The molecule has 0 unspecified atom stereocenters. The first-order valence-corrected chi connectivity index (χ1v) is 7.70. The molecule has 0 bridgehead atoms. The summed E-state index contributed by atoms with van der Waals surface area (Å²) in [5, 5.41) is 1.92. The Bertz CT molecular complexity index is 604. The number of hydrogen-bond donors (Lipinski definition) is 1. The molecule has 0 saturated heterocycles. The van der Waals surface area contributed by atoms with Crippen LogP contribution in [0, 0.1) is 0 Å². The summed E-state index contributed by atoms with van der Waals surface area (Å²) >= 11 is 4.82. The first-order valence-electron chi connectivity index (χ1n) is 6.03. The molecule has 1 aromatic carbocycles. The SMILES string of the molecule is CC(C)(CN)c1cccc(C(=O)c2cc(Br)cs2)c1. The molecular formula is C15H16BrNOS. The lowest BCUT2D eigenvalue weighted by atomic mass is 9.84. The van der Waals surface area contributed by atoms with Gasteiger partial charge in [-0.15, -0.1) is 11.3 Å². The quantitative estimate of drug-likeness (QED) is 0.857. The number of halogens is 1. The van der Waals surface area contributed by atoms with Gasteiger partial charge in [0.15, 0.2) is 0 Å². The van der Waals surface area contributed by atoms with Gasteiger partial charge in [0.1, 0.15) is 0 Å². The molecule has 2 nitrogen and oxygen atoms in total. The number of rotatable bonds is 4. The number of carbonyl (C=O) groups is 1. The van der Waals surface area contributed by atoms with Crippen LogP contribution in [0.4, 0.5) is 0 Å². The summed E-state index contributed by atoms with van der Waals surface area (Å²) in [6.45, 7) is 4.71.